The molecular weight excluding hydrogens is 180 g/mol. The Kier molecular flexibility index (Phi) is 2.84. The predicted molar refractivity (Wildman–Crippen MR) is 52.0 cm³/mol. The van der Waals surface area contributed by atoms with Gasteiger partial charge in [0, 0.05) is 18.0 Å². The molecule has 0 amide bonds. The van der Waals surface area contributed by atoms with Crippen molar-refractivity contribution >= 4 is 5.97 Å². The van der Waals surface area contributed by atoms with Crippen molar-refractivity contribution in [2.75, 3.05) is 0 Å². The molecule has 1 N–H and O–H groups in total. The number of nitrogens with zero attached hydrogens (tertiary/aromatic N) is 2. The first kappa shape index (κ1) is 10.6. The van der Waals surface area contributed by atoms with Crippen LogP contribution in [0, 0.1) is 6.92 Å². The van der Waals surface area contributed by atoms with E-state index in [0.29, 0.717) is 17.8 Å². The summed E-state index contributed by atoms with van der Waals surface area (Å²) in [6.07, 6.45) is 3.69. The molecule has 0 aromatic carbocycles. The maximum Gasteiger partial charge on any atom is 0.313 e. The summed E-state index contributed by atoms with van der Waals surface area (Å²) in [5.41, 5.74) is -0.230. The monoisotopic (exact) mass is 194 g/mol. The standard InChI is InChI=1S/C10H14N2O2/c1-4-10(3,9(13)14)8-5-11-7(2)12-6-8/h5-6H,4H2,1-3H3,(H,13,14). The number of carboxylic acids is 1. The minimum atomic E-state index is -0.881. The van der Waals surface area contributed by atoms with Crippen molar-refractivity contribution in [2.24, 2.45) is 0 Å². The Morgan fingerprint density at radius 1 is 1.50 bits per heavy atom. The summed E-state index contributed by atoms with van der Waals surface area (Å²) in [6, 6.07) is 0. The molecule has 1 heterocycles. The predicted octanol–water partition coefficient (Wildman–Crippen LogP) is 1.54. The molecule has 1 aromatic rings. The summed E-state index contributed by atoms with van der Waals surface area (Å²) in [4.78, 5) is 19.1. The van der Waals surface area contributed by atoms with Gasteiger partial charge in [0.15, 0.2) is 0 Å². The topological polar surface area (TPSA) is 63.1 Å². The summed E-state index contributed by atoms with van der Waals surface area (Å²) in [5, 5.41) is 9.10. The second kappa shape index (κ2) is 3.74. The molecule has 76 valence electrons. The number of hydrogen-bond donors (Lipinski definition) is 1. The van der Waals surface area contributed by atoms with Crippen molar-refractivity contribution in [1.29, 1.82) is 0 Å². The first-order valence-corrected chi connectivity index (χ1v) is 4.53. The van der Waals surface area contributed by atoms with Gasteiger partial charge in [-0.05, 0) is 20.3 Å². The molecule has 1 unspecified atom stereocenters. The van der Waals surface area contributed by atoms with Gasteiger partial charge in [-0.2, -0.15) is 0 Å². The van der Waals surface area contributed by atoms with Gasteiger partial charge in [-0.25, -0.2) is 9.97 Å². The average molecular weight is 194 g/mol. The summed E-state index contributed by atoms with van der Waals surface area (Å²) in [5.74, 6) is -0.190. The van der Waals surface area contributed by atoms with Crippen LogP contribution in [0.4, 0.5) is 0 Å². The molecule has 0 fully saturated rings. The van der Waals surface area contributed by atoms with E-state index in [-0.39, 0.29) is 0 Å². The van der Waals surface area contributed by atoms with Crippen LogP contribution < -0.4 is 0 Å². The quantitative estimate of drug-likeness (QED) is 0.792. The van der Waals surface area contributed by atoms with Crippen molar-refractivity contribution in [3.63, 3.8) is 0 Å². The minimum Gasteiger partial charge on any atom is -0.481 e. The van der Waals surface area contributed by atoms with E-state index in [1.165, 1.54) is 0 Å². The van der Waals surface area contributed by atoms with Crippen LogP contribution >= 0.6 is 0 Å². The van der Waals surface area contributed by atoms with E-state index in [1.54, 1.807) is 26.2 Å². The van der Waals surface area contributed by atoms with E-state index in [4.69, 9.17) is 5.11 Å². The Hall–Kier alpha value is -1.45. The fourth-order valence-corrected chi connectivity index (χ4v) is 1.16. The third-order valence-corrected chi connectivity index (χ3v) is 2.60. The maximum atomic E-state index is 11.1. The molecule has 0 bridgehead atoms. The molecule has 1 aromatic heterocycles. The van der Waals surface area contributed by atoms with Crippen LogP contribution in [0.15, 0.2) is 12.4 Å². The summed E-state index contributed by atoms with van der Waals surface area (Å²) < 4.78 is 0. The third-order valence-electron chi connectivity index (χ3n) is 2.60. The molecule has 1 rings (SSSR count). The van der Waals surface area contributed by atoms with Gasteiger partial charge >= 0.3 is 5.97 Å². The molecule has 0 aliphatic rings. The third kappa shape index (κ3) is 1.73. The van der Waals surface area contributed by atoms with Crippen LogP contribution in [0.3, 0.4) is 0 Å². The van der Waals surface area contributed by atoms with Crippen LogP contribution in [0.25, 0.3) is 0 Å². The highest BCUT2D eigenvalue weighted by Gasteiger charge is 2.33. The zero-order valence-corrected chi connectivity index (χ0v) is 8.61. The van der Waals surface area contributed by atoms with Gasteiger partial charge in [0.25, 0.3) is 0 Å². The van der Waals surface area contributed by atoms with Gasteiger partial charge in [-0.15, -0.1) is 0 Å². The molecule has 0 saturated carbocycles. The van der Waals surface area contributed by atoms with Gasteiger partial charge in [0.2, 0.25) is 0 Å². The zero-order valence-electron chi connectivity index (χ0n) is 8.61. The van der Waals surface area contributed by atoms with Gasteiger partial charge in [-0.3, -0.25) is 4.79 Å². The summed E-state index contributed by atoms with van der Waals surface area (Å²) in [7, 11) is 0. The first-order chi connectivity index (χ1) is 6.50. The largest absolute Gasteiger partial charge is 0.481 e. The Morgan fingerprint density at radius 3 is 2.36 bits per heavy atom. The van der Waals surface area contributed by atoms with Crippen LogP contribution in [0.2, 0.25) is 0 Å². The van der Waals surface area contributed by atoms with Crippen molar-refractivity contribution in [1.82, 2.24) is 9.97 Å². The van der Waals surface area contributed by atoms with E-state index < -0.39 is 11.4 Å². The second-order valence-electron chi connectivity index (χ2n) is 3.51. The SMILES string of the molecule is CCC(C)(C(=O)O)c1cnc(C)nc1. The normalized spacial score (nSPS) is 14.8. The van der Waals surface area contributed by atoms with Gasteiger partial charge in [0.05, 0.1) is 5.41 Å². The van der Waals surface area contributed by atoms with Crippen LogP contribution in [-0.4, -0.2) is 21.0 Å². The highest BCUT2D eigenvalue weighted by atomic mass is 16.4. The molecule has 4 nitrogen and oxygen atoms in total. The molecular formula is C10H14N2O2. The van der Waals surface area contributed by atoms with E-state index >= 15 is 0 Å². The zero-order chi connectivity index (χ0) is 10.8. The molecule has 0 aliphatic carbocycles. The van der Waals surface area contributed by atoms with E-state index in [0.717, 1.165) is 0 Å². The molecule has 14 heavy (non-hydrogen) atoms. The Labute approximate surface area is 83.0 Å². The number of aromatic nitrogens is 2. The van der Waals surface area contributed by atoms with Gasteiger partial charge < -0.3 is 5.11 Å². The Morgan fingerprint density at radius 2 is 2.00 bits per heavy atom. The Bertz CT molecular complexity index is 334. The average Bonchev–Trinajstić information content (AvgIpc) is 2.17. The lowest BCUT2D eigenvalue weighted by atomic mass is 9.82. The number of carbonyl (C=O) groups is 1. The van der Waals surface area contributed by atoms with Crippen molar-refractivity contribution in [3.8, 4) is 0 Å². The van der Waals surface area contributed by atoms with E-state index in [9.17, 15) is 4.79 Å². The molecule has 0 spiro atoms. The number of carboxylic acid groups (broad SMARTS) is 1. The van der Waals surface area contributed by atoms with Crippen LogP contribution in [0.5, 0.6) is 0 Å². The fraction of sp³-hybridized carbons (Fsp3) is 0.500. The van der Waals surface area contributed by atoms with Crippen LogP contribution in [0.1, 0.15) is 31.7 Å². The van der Waals surface area contributed by atoms with Crippen molar-refractivity contribution in [2.45, 2.75) is 32.6 Å². The number of hydrogen-bond acceptors (Lipinski definition) is 3. The van der Waals surface area contributed by atoms with E-state index in [1.807, 2.05) is 6.92 Å². The fourth-order valence-electron chi connectivity index (χ4n) is 1.16. The lowest BCUT2D eigenvalue weighted by Crippen LogP contribution is -2.31. The summed E-state index contributed by atoms with van der Waals surface area (Å²) >= 11 is 0. The second-order valence-corrected chi connectivity index (χ2v) is 3.51. The number of aryl methyl sites for hydroxylation is 1. The number of rotatable bonds is 3. The molecule has 1 atom stereocenters. The lowest BCUT2D eigenvalue weighted by Gasteiger charge is -2.22. The summed E-state index contributed by atoms with van der Waals surface area (Å²) in [6.45, 7) is 5.30. The molecule has 0 saturated heterocycles. The number of aliphatic carboxylic acids is 1. The van der Waals surface area contributed by atoms with Gasteiger partial charge in [-0.1, -0.05) is 6.92 Å². The maximum absolute atomic E-state index is 11.1. The molecule has 0 aliphatic heterocycles. The van der Waals surface area contributed by atoms with Crippen molar-refractivity contribution in [3.05, 3.63) is 23.8 Å². The Balaban J connectivity index is 3.13. The molecule has 4 heteroatoms. The van der Waals surface area contributed by atoms with Crippen LogP contribution in [-0.2, 0) is 10.2 Å². The smallest absolute Gasteiger partial charge is 0.313 e. The first-order valence-electron chi connectivity index (χ1n) is 4.53. The van der Waals surface area contributed by atoms with E-state index in [2.05, 4.69) is 9.97 Å². The highest BCUT2D eigenvalue weighted by molar-refractivity contribution is 5.80. The van der Waals surface area contributed by atoms with Crippen molar-refractivity contribution < 1.29 is 9.90 Å². The highest BCUT2D eigenvalue weighted by Crippen LogP contribution is 2.26. The minimum absolute atomic E-state index is 0.523. The van der Waals surface area contributed by atoms with Gasteiger partial charge in [0.1, 0.15) is 5.82 Å². The lowest BCUT2D eigenvalue weighted by molar-refractivity contribution is -0.143. The molecule has 0 radical (unpaired) electrons.